The van der Waals surface area contributed by atoms with Gasteiger partial charge in [0.2, 0.25) is 0 Å². The maximum absolute atomic E-state index is 14.9. The van der Waals surface area contributed by atoms with E-state index in [4.69, 9.17) is 0 Å². The lowest BCUT2D eigenvalue weighted by Crippen LogP contribution is -2.02. The molecule has 0 nitrogen and oxygen atoms in total. The van der Waals surface area contributed by atoms with Gasteiger partial charge in [-0.2, -0.15) is 0 Å². The van der Waals surface area contributed by atoms with Gasteiger partial charge in [-0.05, 0) is 69.1 Å². The number of fused-ring (bicyclic) bond motifs is 2. The van der Waals surface area contributed by atoms with E-state index in [1.807, 2.05) is 0 Å². The lowest BCUT2D eigenvalue weighted by Gasteiger charge is -2.19. The van der Waals surface area contributed by atoms with Gasteiger partial charge in [-0.1, -0.05) is 6.07 Å². The van der Waals surface area contributed by atoms with Crippen LogP contribution >= 0.6 is 0 Å². The highest BCUT2D eigenvalue weighted by atomic mass is 19.2. The van der Waals surface area contributed by atoms with E-state index in [9.17, 15) is 43.9 Å². The Balaban J connectivity index is 2.10. The fourth-order valence-electron chi connectivity index (χ4n) is 4.26. The maximum Gasteiger partial charge on any atom is 0.194 e. The Morgan fingerprint density at radius 3 is 1.36 bits per heavy atom. The van der Waals surface area contributed by atoms with Gasteiger partial charge in [-0.3, -0.25) is 0 Å². The van der Waals surface area contributed by atoms with Gasteiger partial charge in [0.15, 0.2) is 52.4 Å². The minimum absolute atomic E-state index is 0.0716. The molecule has 0 N–H and O–H groups in total. The SMILES string of the molecule is Fc1ccc2c(-c3cc(F)c(F)c(F)c3)c3cc(F)c(F)cc3c(-c3c(F)c(F)cc(F)c3F)c2c1. The minimum Gasteiger partial charge on any atom is -0.207 e. The van der Waals surface area contributed by atoms with Crippen molar-refractivity contribution < 1.29 is 43.9 Å². The zero-order valence-corrected chi connectivity index (χ0v) is 17.4. The number of halogens is 10. The van der Waals surface area contributed by atoms with Gasteiger partial charge in [0.25, 0.3) is 0 Å². The van der Waals surface area contributed by atoms with Crippen molar-refractivity contribution in [2.24, 2.45) is 0 Å². The van der Waals surface area contributed by atoms with Crippen LogP contribution in [0.4, 0.5) is 43.9 Å². The molecule has 0 aliphatic rings. The van der Waals surface area contributed by atoms with Crippen LogP contribution in [0.15, 0.2) is 48.5 Å². The van der Waals surface area contributed by atoms with Crippen molar-refractivity contribution in [2.45, 2.75) is 0 Å². The molecule has 0 aromatic heterocycles. The molecule has 0 heterocycles. The standard InChI is InChI=1S/C26H8F10/c27-10-1-2-11-12(5-10)22(23-25(35)19(32)8-20(33)26(23)36)14-7-16(29)15(28)6-13(14)21(11)9-3-17(30)24(34)18(31)4-9/h1-8H. The van der Waals surface area contributed by atoms with E-state index < -0.39 is 91.0 Å². The van der Waals surface area contributed by atoms with Gasteiger partial charge in [-0.15, -0.1) is 0 Å². The molecule has 5 aromatic rings. The van der Waals surface area contributed by atoms with Crippen LogP contribution in [-0.2, 0) is 0 Å². The van der Waals surface area contributed by atoms with Crippen molar-refractivity contribution in [3.63, 3.8) is 0 Å². The average molecular weight is 510 g/mol. The predicted molar refractivity (Wildman–Crippen MR) is 112 cm³/mol. The monoisotopic (exact) mass is 510 g/mol. The Morgan fingerprint density at radius 2 is 0.806 bits per heavy atom. The molecule has 0 bridgehead atoms. The summed E-state index contributed by atoms with van der Waals surface area (Å²) in [5, 5.41) is -1.68. The van der Waals surface area contributed by atoms with Crippen LogP contribution in [0.25, 0.3) is 43.8 Å². The van der Waals surface area contributed by atoms with Gasteiger partial charge in [0.1, 0.15) is 5.82 Å². The molecule has 0 radical (unpaired) electrons. The molecular weight excluding hydrogens is 502 g/mol. The fraction of sp³-hybridized carbons (Fsp3) is 0. The van der Waals surface area contributed by atoms with Gasteiger partial charge in [0, 0.05) is 11.6 Å². The Labute approximate surface area is 195 Å². The van der Waals surface area contributed by atoms with E-state index >= 15 is 0 Å². The van der Waals surface area contributed by atoms with Gasteiger partial charge in [-0.25, -0.2) is 43.9 Å². The minimum atomic E-state index is -1.91. The highest BCUT2D eigenvalue weighted by Gasteiger charge is 2.27. The summed E-state index contributed by atoms with van der Waals surface area (Å²) in [6.45, 7) is 0. The summed E-state index contributed by atoms with van der Waals surface area (Å²) in [5.74, 6) is -16.6. The average Bonchev–Trinajstić information content (AvgIpc) is 2.82. The summed E-state index contributed by atoms with van der Waals surface area (Å²) in [7, 11) is 0. The number of benzene rings is 5. The Kier molecular flexibility index (Phi) is 5.42. The molecule has 0 saturated carbocycles. The zero-order valence-electron chi connectivity index (χ0n) is 17.4. The normalized spacial score (nSPS) is 11.6. The summed E-state index contributed by atoms with van der Waals surface area (Å²) in [5.41, 5.74) is -2.81. The van der Waals surface area contributed by atoms with E-state index in [1.165, 1.54) is 0 Å². The Bertz CT molecular complexity index is 1690. The van der Waals surface area contributed by atoms with Crippen LogP contribution in [-0.4, -0.2) is 0 Å². The second-order valence-electron chi connectivity index (χ2n) is 7.85. The lowest BCUT2D eigenvalue weighted by molar-refractivity contribution is 0.448. The van der Waals surface area contributed by atoms with Crippen LogP contribution in [0.5, 0.6) is 0 Å². The predicted octanol–water partition coefficient (Wildman–Crippen LogP) is 8.72. The summed E-state index contributed by atoms with van der Waals surface area (Å²) in [6, 6.07) is 4.47. The summed E-state index contributed by atoms with van der Waals surface area (Å²) < 4.78 is 143. The molecule has 0 spiro atoms. The third-order valence-corrected chi connectivity index (χ3v) is 5.75. The molecule has 182 valence electrons. The van der Waals surface area contributed by atoms with Crippen molar-refractivity contribution >= 4 is 21.5 Å². The highest BCUT2D eigenvalue weighted by molar-refractivity contribution is 6.21. The Hall–Kier alpha value is -4.08. The van der Waals surface area contributed by atoms with Crippen molar-refractivity contribution in [1.82, 2.24) is 0 Å². The highest BCUT2D eigenvalue weighted by Crippen LogP contribution is 2.46. The van der Waals surface area contributed by atoms with E-state index in [0.717, 1.165) is 12.1 Å². The first-order chi connectivity index (χ1) is 17.0. The number of rotatable bonds is 2. The summed E-state index contributed by atoms with van der Waals surface area (Å²) in [4.78, 5) is 0. The first-order valence-corrected chi connectivity index (χ1v) is 10.0. The molecule has 0 saturated heterocycles. The molecule has 5 aromatic carbocycles. The molecule has 36 heavy (non-hydrogen) atoms. The van der Waals surface area contributed by atoms with Crippen molar-refractivity contribution in [3.05, 3.63) is 107 Å². The third-order valence-electron chi connectivity index (χ3n) is 5.75. The maximum atomic E-state index is 14.9. The molecule has 5 rings (SSSR count). The van der Waals surface area contributed by atoms with Crippen molar-refractivity contribution in [1.29, 1.82) is 0 Å². The second-order valence-corrected chi connectivity index (χ2v) is 7.85. The van der Waals surface area contributed by atoms with Gasteiger partial charge in [0.05, 0.1) is 5.56 Å². The molecule has 0 atom stereocenters. The largest absolute Gasteiger partial charge is 0.207 e. The van der Waals surface area contributed by atoms with E-state index in [0.29, 0.717) is 30.3 Å². The quantitative estimate of drug-likeness (QED) is 0.0965. The summed E-state index contributed by atoms with van der Waals surface area (Å²) in [6.07, 6.45) is 0. The molecule has 0 amide bonds. The first-order valence-electron chi connectivity index (χ1n) is 10.0. The van der Waals surface area contributed by atoms with Crippen LogP contribution in [0.3, 0.4) is 0 Å². The van der Waals surface area contributed by atoms with E-state index in [-0.39, 0.29) is 17.0 Å². The first kappa shape index (κ1) is 23.7. The second kappa shape index (κ2) is 8.25. The van der Waals surface area contributed by atoms with Crippen LogP contribution in [0, 0.1) is 58.2 Å². The zero-order chi connectivity index (χ0) is 26.0. The lowest BCUT2D eigenvalue weighted by atomic mass is 9.85. The van der Waals surface area contributed by atoms with Crippen molar-refractivity contribution in [3.8, 4) is 22.3 Å². The molecule has 0 aliphatic heterocycles. The third kappa shape index (κ3) is 3.47. The van der Waals surface area contributed by atoms with Crippen LogP contribution in [0.1, 0.15) is 0 Å². The van der Waals surface area contributed by atoms with Gasteiger partial charge < -0.3 is 0 Å². The summed E-state index contributed by atoms with van der Waals surface area (Å²) >= 11 is 0. The smallest absolute Gasteiger partial charge is 0.194 e. The number of hydrogen-bond donors (Lipinski definition) is 0. The van der Waals surface area contributed by atoms with E-state index in [1.54, 1.807) is 0 Å². The van der Waals surface area contributed by atoms with E-state index in [2.05, 4.69) is 0 Å². The van der Waals surface area contributed by atoms with Crippen LogP contribution < -0.4 is 0 Å². The molecule has 10 heteroatoms. The topological polar surface area (TPSA) is 0 Å². The van der Waals surface area contributed by atoms with Crippen LogP contribution in [0.2, 0.25) is 0 Å². The molecule has 0 fully saturated rings. The fourth-order valence-corrected chi connectivity index (χ4v) is 4.26. The number of hydrogen-bond acceptors (Lipinski definition) is 0. The van der Waals surface area contributed by atoms with Crippen molar-refractivity contribution in [2.75, 3.05) is 0 Å². The molecule has 0 aliphatic carbocycles. The molecule has 0 unspecified atom stereocenters. The van der Waals surface area contributed by atoms with Gasteiger partial charge >= 0.3 is 0 Å². The Morgan fingerprint density at radius 1 is 0.333 bits per heavy atom. The molecular formula is C26H8F10.